The third kappa shape index (κ3) is 4.08. The summed E-state index contributed by atoms with van der Waals surface area (Å²) in [6.07, 6.45) is 0. The van der Waals surface area contributed by atoms with Crippen molar-refractivity contribution in [2.75, 3.05) is 20.7 Å². The number of nitrogens with zero attached hydrogens (tertiary/aromatic N) is 1. The number of ether oxygens (including phenoxy) is 1. The summed E-state index contributed by atoms with van der Waals surface area (Å²) in [6.45, 7) is 2.32. The number of methoxy groups -OCH3 is 1. The van der Waals surface area contributed by atoms with Crippen LogP contribution in [0.25, 0.3) is 0 Å². The van der Waals surface area contributed by atoms with E-state index < -0.39 is 0 Å². The first-order valence-corrected chi connectivity index (χ1v) is 6.53. The van der Waals surface area contributed by atoms with E-state index in [4.69, 9.17) is 34.3 Å². The predicted molar refractivity (Wildman–Crippen MR) is 80.9 cm³/mol. The highest BCUT2D eigenvalue weighted by Gasteiger charge is 2.19. The first-order valence-electron chi connectivity index (χ1n) is 5.75. The molecule has 0 aliphatic heterocycles. The van der Waals surface area contributed by atoms with Crippen molar-refractivity contribution in [3.63, 3.8) is 0 Å². The summed E-state index contributed by atoms with van der Waals surface area (Å²) < 4.78 is 5.17. The third-order valence-corrected chi connectivity index (χ3v) is 3.41. The number of halogens is 1. The lowest BCUT2D eigenvalue weighted by Gasteiger charge is -2.22. The number of amides is 1. The maximum Gasteiger partial charge on any atom is 0.257 e. The van der Waals surface area contributed by atoms with Gasteiger partial charge in [-0.15, -0.1) is 0 Å². The van der Waals surface area contributed by atoms with Crippen molar-refractivity contribution in [1.82, 2.24) is 4.90 Å². The smallest absolute Gasteiger partial charge is 0.257 e. The molecule has 1 aromatic rings. The molecule has 0 aliphatic rings. The van der Waals surface area contributed by atoms with Crippen LogP contribution in [0.4, 0.5) is 0 Å². The third-order valence-electron chi connectivity index (χ3n) is 2.77. The number of thiocarbonyl (C=S) groups is 1. The van der Waals surface area contributed by atoms with Crippen molar-refractivity contribution in [2.24, 2.45) is 11.7 Å². The Labute approximate surface area is 123 Å². The average molecular weight is 301 g/mol. The van der Waals surface area contributed by atoms with Crippen molar-refractivity contribution in [2.45, 2.75) is 6.92 Å². The highest BCUT2D eigenvalue weighted by molar-refractivity contribution is 7.80. The quantitative estimate of drug-likeness (QED) is 0.848. The van der Waals surface area contributed by atoms with Gasteiger partial charge in [0.1, 0.15) is 5.75 Å². The Morgan fingerprint density at radius 1 is 1.58 bits per heavy atom. The Hall–Kier alpha value is -1.33. The van der Waals surface area contributed by atoms with Gasteiger partial charge in [-0.25, -0.2) is 0 Å². The molecule has 6 heteroatoms. The molecule has 104 valence electrons. The number of carbonyl (C=O) groups is 1. The van der Waals surface area contributed by atoms with Gasteiger partial charge in [0.05, 0.1) is 17.7 Å². The van der Waals surface area contributed by atoms with Gasteiger partial charge in [-0.3, -0.25) is 4.79 Å². The summed E-state index contributed by atoms with van der Waals surface area (Å²) in [7, 11) is 3.20. The SMILES string of the molecule is COc1ccc(Cl)cc1C(=O)N(C)CC(C)C(N)=S. The molecule has 1 amide bonds. The summed E-state index contributed by atoms with van der Waals surface area (Å²) in [6, 6.07) is 4.93. The zero-order chi connectivity index (χ0) is 14.6. The Kier molecular flexibility index (Phi) is 5.57. The molecule has 4 nitrogen and oxygen atoms in total. The molecule has 0 aromatic heterocycles. The Balaban J connectivity index is 2.93. The van der Waals surface area contributed by atoms with E-state index in [1.165, 1.54) is 7.11 Å². The number of hydrogen-bond donors (Lipinski definition) is 1. The van der Waals surface area contributed by atoms with Gasteiger partial charge in [-0.2, -0.15) is 0 Å². The first kappa shape index (κ1) is 15.7. The molecule has 1 unspecified atom stereocenters. The van der Waals surface area contributed by atoms with Gasteiger partial charge in [0.15, 0.2) is 0 Å². The maximum atomic E-state index is 12.3. The van der Waals surface area contributed by atoms with Crippen molar-refractivity contribution < 1.29 is 9.53 Å². The molecular weight excluding hydrogens is 284 g/mol. The summed E-state index contributed by atoms with van der Waals surface area (Å²) >= 11 is 10.8. The van der Waals surface area contributed by atoms with Gasteiger partial charge in [0, 0.05) is 24.5 Å². The summed E-state index contributed by atoms with van der Waals surface area (Å²) in [5.74, 6) is 0.265. The van der Waals surface area contributed by atoms with E-state index in [0.717, 1.165) is 0 Å². The molecule has 0 saturated heterocycles. The Bertz CT molecular complexity index is 494. The molecule has 1 aromatic carbocycles. The molecule has 0 saturated carbocycles. The van der Waals surface area contributed by atoms with Crippen LogP contribution < -0.4 is 10.5 Å². The van der Waals surface area contributed by atoms with E-state index in [0.29, 0.717) is 27.9 Å². The maximum absolute atomic E-state index is 12.3. The Morgan fingerprint density at radius 2 is 2.21 bits per heavy atom. The second-order valence-corrected chi connectivity index (χ2v) is 5.24. The summed E-state index contributed by atoms with van der Waals surface area (Å²) in [4.78, 5) is 14.3. The van der Waals surface area contributed by atoms with Crippen LogP contribution in [0, 0.1) is 5.92 Å². The minimum absolute atomic E-state index is 0.0471. The molecule has 0 radical (unpaired) electrons. The standard InChI is InChI=1S/C13H17ClN2O2S/c1-8(12(15)19)7-16(2)13(17)10-6-9(14)4-5-11(10)18-3/h4-6,8H,7H2,1-3H3,(H2,15,19). The molecule has 0 bridgehead atoms. The molecular formula is C13H17ClN2O2S. The van der Waals surface area contributed by atoms with Crippen molar-refractivity contribution in [3.05, 3.63) is 28.8 Å². The van der Waals surface area contributed by atoms with Crippen LogP contribution in [-0.4, -0.2) is 36.5 Å². The van der Waals surface area contributed by atoms with Gasteiger partial charge >= 0.3 is 0 Å². The van der Waals surface area contributed by atoms with Crippen LogP contribution in [0.5, 0.6) is 5.75 Å². The van der Waals surface area contributed by atoms with Gasteiger partial charge < -0.3 is 15.4 Å². The molecule has 1 atom stereocenters. The second kappa shape index (κ2) is 6.73. The van der Waals surface area contributed by atoms with Crippen molar-refractivity contribution >= 4 is 34.7 Å². The van der Waals surface area contributed by atoms with Crippen LogP contribution in [0.1, 0.15) is 17.3 Å². The van der Waals surface area contributed by atoms with Crippen molar-refractivity contribution in [3.8, 4) is 5.75 Å². The van der Waals surface area contributed by atoms with Crippen LogP contribution >= 0.6 is 23.8 Å². The molecule has 2 N–H and O–H groups in total. The lowest BCUT2D eigenvalue weighted by Crippen LogP contribution is -2.35. The van der Waals surface area contributed by atoms with Crippen LogP contribution in [0.3, 0.4) is 0 Å². The van der Waals surface area contributed by atoms with Crippen molar-refractivity contribution in [1.29, 1.82) is 0 Å². The van der Waals surface area contributed by atoms with E-state index in [1.807, 2.05) is 6.92 Å². The lowest BCUT2D eigenvalue weighted by atomic mass is 10.1. The fraction of sp³-hybridized carbons (Fsp3) is 0.385. The van der Waals surface area contributed by atoms with Crippen LogP contribution in [-0.2, 0) is 0 Å². The van der Waals surface area contributed by atoms with Crippen LogP contribution in [0.2, 0.25) is 5.02 Å². The number of carbonyl (C=O) groups excluding carboxylic acids is 1. The zero-order valence-corrected chi connectivity index (χ0v) is 12.7. The van der Waals surface area contributed by atoms with E-state index in [1.54, 1.807) is 30.1 Å². The van der Waals surface area contributed by atoms with E-state index in [9.17, 15) is 4.79 Å². The number of hydrogen-bond acceptors (Lipinski definition) is 3. The highest BCUT2D eigenvalue weighted by atomic mass is 35.5. The molecule has 1 rings (SSSR count). The van der Waals surface area contributed by atoms with E-state index in [-0.39, 0.29) is 11.8 Å². The fourth-order valence-electron chi connectivity index (χ4n) is 1.64. The molecule has 19 heavy (non-hydrogen) atoms. The van der Waals surface area contributed by atoms with Gasteiger partial charge in [0.25, 0.3) is 5.91 Å². The number of benzene rings is 1. The fourth-order valence-corrected chi connectivity index (χ4v) is 1.88. The number of rotatable bonds is 5. The Morgan fingerprint density at radius 3 is 2.74 bits per heavy atom. The monoisotopic (exact) mass is 300 g/mol. The van der Waals surface area contributed by atoms with Gasteiger partial charge in [-0.05, 0) is 18.2 Å². The summed E-state index contributed by atoms with van der Waals surface area (Å²) in [5, 5.41) is 0.486. The molecule has 0 heterocycles. The first-order chi connectivity index (χ1) is 8.86. The normalized spacial score (nSPS) is 11.8. The highest BCUT2D eigenvalue weighted by Crippen LogP contribution is 2.24. The predicted octanol–water partition coefficient (Wildman–Crippen LogP) is 2.34. The second-order valence-electron chi connectivity index (χ2n) is 4.33. The van der Waals surface area contributed by atoms with E-state index in [2.05, 4.69) is 0 Å². The topological polar surface area (TPSA) is 55.6 Å². The zero-order valence-electron chi connectivity index (χ0n) is 11.1. The largest absolute Gasteiger partial charge is 0.496 e. The minimum atomic E-state index is -0.178. The molecule has 0 aliphatic carbocycles. The summed E-state index contributed by atoms with van der Waals surface area (Å²) in [5.41, 5.74) is 5.97. The van der Waals surface area contributed by atoms with Crippen LogP contribution in [0.15, 0.2) is 18.2 Å². The lowest BCUT2D eigenvalue weighted by molar-refractivity contribution is 0.0783. The average Bonchev–Trinajstić information content (AvgIpc) is 2.37. The molecule has 0 fully saturated rings. The van der Waals surface area contributed by atoms with Gasteiger partial charge in [0.2, 0.25) is 0 Å². The molecule has 0 spiro atoms. The number of nitrogens with two attached hydrogens (primary N) is 1. The minimum Gasteiger partial charge on any atom is -0.496 e. The van der Waals surface area contributed by atoms with E-state index >= 15 is 0 Å². The van der Waals surface area contributed by atoms with Gasteiger partial charge in [-0.1, -0.05) is 30.7 Å².